The zero-order chi connectivity index (χ0) is 18.6. The molecule has 2 rings (SSSR count). The molecule has 10 heteroatoms. The first-order valence-electron chi connectivity index (χ1n) is 7.81. The molecule has 3 atom stereocenters. The van der Waals surface area contributed by atoms with Gasteiger partial charge in [0.1, 0.15) is 17.6 Å². The second-order valence-corrected chi connectivity index (χ2v) is 7.93. The lowest BCUT2D eigenvalue weighted by Gasteiger charge is -2.38. The Kier molecular flexibility index (Phi) is 6.86. The number of hydrogen-bond donors (Lipinski definition) is 3. The number of amides is 1. The summed E-state index contributed by atoms with van der Waals surface area (Å²) in [6, 6.07) is 0. The van der Waals surface area contributed by atoms with Crippen molar-refractivity contribution in [1.82, 2.24) is 5.32 Å². The van der Waals surface area contributed by atoms with Crippen molar-refractivity contribution in [2.45, 2.75) is 48.6 Å². The van der Waals surface area contributed by atoms with Crippen LogP contribution in [-0.2, 0) is 19.2 Å². The number of alkyl halides is 1. The molecule has 1 spiro atoms. The number of carbonyl (C=O) groups is 2. The Balaban J connectivity index is 1.91. The fraction of sp³-hybridized carbons (Fsp3) is 0.667. The molecular weight excluding hydrogens is 464 g/mol. The Hall–Kier alpha value is -1.13. The molecule has 1 aliphatic heterocycles. The number of oxime groups is 1. The van der Waals surface area contributed by atoms with Gasteiger partial charge in [0.2, 0.25) is 0 Å². The summed E-state index contributed by atoms with van der Waals surface area (Å²) < 4.78 is 5.73. The predicted octanol–water partition coefficient (Wildman–Crippen LogP) is 1.65. The van der Waals surface area contributed by atoms with Crippen molar-refractivity contribution in [2.24, 2.45) is 5.16 Å². The molecule has 0 saturated carbocycles. The molecule has 0 radical (unpaired) electrons. The van der Waals surface area contributed by atoms with Crippen molar-refractivity contribution in [3.05, 3.63) is 10.2 Å². The van der Waals surface area contributed by atoms with E-state index >= 15 is 0 Å². The van der Waals surface area contributed by atoms with Gasteiger partial charge in [-0.15, -0.1) is 0 Å². The highest BCUT2D eigenvalue weighted by atomic mass is 79.9. The van der Waals surface area contributed by atoms with Gasteiger partial charge in [-0.2, -0.15) is 0 Å². The summed E-state index contributed by atoms with van der Waals surface area (Å²) >= 11 is 6.82. The monoisotopic (exact) mass is 482 g/mol. The number of rotatable bonds is 7. The molecule has 0 bridgehead atoms. The minimum absolute atomic E-state index is 0.0735. The summed E-state index contributed by atoms with van der Waals surface area (Å²) in [6.45, 7) is 0.360. The van der Waals surface area contributed by atoms with Gasteiger partial charge in [0.05, 0.1) is 16.4 Å². The maximum absolute atomic E-state index is 12.2. The third-order valence-corrected chi connectivity index (χ3v) is 5.74. The molecule has 0 fully saturated rings. The molecule has 3 unspecified atom stereocenters. The first-order chi connectivity index (χ1) is 11.8. The number of nitrogens with one attached hydrogen (secondary N) is 1. The van der Waals surface area contributed by atoms with Crippen molar-refractivity contribution in [2.75, 3.05) is 13.7 Å². The van der Waals surface area contributed by atoms with Crippen molar-refractivity contribution in [3.63, 3.8) is 0 Å². The van der Waals surface area contributed by atoms with Crippen LogP contribution in [0.2, 0.25) is 0 Å². The van der Waals surface area contributed by atoms with E-state index in [2.05, 4.69) is 42.3 Å². The molecule has 0 aromatic rings. The molecule has 25 heavy (non-hydrogen) atoms. The number of carboxylic acid groups (broad SMARTS) is 1. The number of methoxy groups -OCH3 is 1. The number of halogens is 2. The van der Waals surface area contributed by atoms with Gasteiger partial charge in [0.25, 0.3) is 5.91 Å². The summed E-state index contributed by atoms with van der Waals surface area (Å²) in [5.74, 6) is -0.646. The molecule has 0 aromatic heterocycles. The normalized spacial score (nSPS) is 28.6. The molecule has 0 saturated heterocycles. The number of hydrogen-bond acceptors (Lipinski definition) is 6. The third-order valence-electron chi connectivity index (χ3n) is 4.17. The lowest BCUT2D eigenvalue weighted by atomic mass is 9.82. The summed E-state index contributed by atoms with van der Waals surface area (Å²) in [5, 5.41) is 25.7. The van der Waals surface area contributed by atoms with E-state index in [0.717, 1.165) is 0 Å². The molecule has 1 amide bonds. The van der Waals surface area contributed by atoms with E-state index in [1.54, 1.807) is 0 Å². The van der Waals surface area contributed by atoms with Gasteiger partial charge in [-0.1, -0.05) is 21.1 Å². The SMILES string of the molecule is COC1=C(Br)C(O)C2(CC(C(=O)NCCCCC(=O)O)=NO2)CC1Br. The van der Waals surface area contributed by atoms with Crippen molar-refractivity contribution in [1.29, 1.82) is 0 Å². The third kappa shape index (κ3) is 4.53. The number of allylic oxidation sites excluding steroid dienone is 1. The number of unbranched alkanes of at least 4 members (excludes halogenated alkanes) is 1. The van der Waals surface area contributed by atoms with Gasteiger partial charge in [-0.3, -0.25) is 9.59 Å². The number of carbonyl (C=O) groups excluding carboxylic acids is 1. The standard InChI is InChI=1S/C15H20Br2N2O6/c1-24-12-8(16)6-15(13(22)11(12)17)7-9(19-25-15)14(23)18-5-3-2-4-10(20)21/h8,13,22H,2-7H2,1H3,(H,18,23)(H,20,21). The summed E-state index contributed by atoms with van der Waals surface area (Å²) in [5.41, 5.74) is -0.816. The number of nitrogens with zero attached hydrogens (tertiary/aromatic N) is 1. The van der Waals surface area contributed by atoms with Gasteiger partial charge < -0.3 is 25.1 Å². The molecule has 1 aliphatic carbocycles. The Morgan fingerprint density at radius 1 is 1.48 bits per heavy atom. The van der Waals surface area contributed by atoms with E-state index in [0.29, 0.717) is 36.0 Å². The molecule has 0 aromatic carbocycles. The average Bonchev–Trinajstić information content (AvgIpc) is 2.97. The van der Waals surface area contributed by atoms with E-state index in [1.807, 2.05) is 0 Å². The number of aliphatic carboxylic acids is 1. The van der Waals surface area contributed by atoms with Crippen LogP contribution in [0.15, 0.2) is 15.4 Å². The molecule has 1 heterocycles. The highest BCUT2D eigenvalue weighted by Gasteiger charge is 2.53. The molecule has 3 N–H and O–H groups in total. The van der Waals surface area contributed by atoms with Crippen molar-refractivity contribution >= 4 is 49.4 Å². The zero-order valence-corrected chi connectivity index (χ0v) is 16.8. The highest BCUT2D eigenvalue weighted by molar-refractivity contribution is 9.12. The second kappa shape index (κ2) is 8.50. The van der Waals surface area contributed by atoms with Crippen LogP contribution in [0.4, 0.5) is 0 Å². The Morgan fingerprint density at radius 2 is 2.20 bits per heavy atom. The van der Waals surface area contributed by atoms with Gasteiger partial charge in [0, 0.05) is 25.8 Å². The molecular formula is C15H20Br2N2O6. The van der Waals surface area contributed by atoms with Crippen LogP contribution in [-0.4, -0.2) is 58.0 Å². The van der Waals surface area contributed by atoms with Crippen LogP contribution in [0.25, 0.3) is 0 Å². The van der Waals surface area contributed by atoms with Gasteiger partial charge in [0.15, 0.2) is 5.60 Å². The minimum atomic E-state index is -1.02. The van der Waals surface area contributed by atoms with Crippen molar-refractivity contribution < 1.29 is 29.4 Å². The van der Waals surface area contributed by atoms with Gasteiger partial charge in [-0.25, -0.2) is 0 Å². The van der Waals surface area contributed by atoms with Gasteiger partial charge >= 0.3 is 5.97 Å². The second-order valence-electron chi connectivity index (χ2n) is 5.97. The fourth-order valence-electron chi connectivity index (χ4n) is 2.83. The average molecular weight is 484 g/mol. The number of ether oxygens (including phenoxy) is 1. The van der Waals surface area contributed by atoms with Crippen molar-refractivity contribution in [3.8, 4) is 0 Å². The predicted molar refractivity (Wildman–Crippen MR) is 96.7 cm³/mol. The van der Waals surface area contributed by atoms with Crippen LogP contribution in [0.5, 0.6) is 0 Å². The molecule has 2 aliphatic rings. The Bertz CT molecular complexity index is 609. The Labute approximate surface area is 161 Å². The van der Waals surface area contributed by atoms with Crippen LogP contribution in [0, 0.1) is 0 Å². The molecule has 8 nitrogen and oxygen atoms in total. The fourth-order valence-corrected chi connectivity index (χ4v) is 4.97. The smallest absolute Gasteiger partial charge is 0.303 e. The van der Waals surface area contributed by atoms with E-state index in [9.17, 15) is 14.7 Å². The van der Waals surface area contributed by atoms with Gasteiger partial charge in [-0.05, 0) is 28.8 Å². The largest absolute Gasteiger partial charge is 0.499 e. The van der Waals surface area contributed by atoms with E-state index in [1.165, 1.54) is 7.11 Å². The quantitative estimate of drug-likeness (QED) is 0.374. The number of aliphatic hydroxyl groups is 1. The summed E-state index contributed by atoms with van der Waals surface area (Å²) in [7, 11) is 1.52. The zero-order valence-electron chi connectivity index (χ0n) is 13.6. The van der Waals surface area contributed by atoms with Crippen LogP contribution >= 0.6 is 31.9 Å². The van der Waals surface area contributed by atoms with E-state index in [-0.39, 0.29) is 29.3 Å². The highest BCUT2D eigenvalue weighted by Crippen LogP contribution is 2.45. The van der Waals surface area contributed by atoms with E-state index in [4.69, 9.17) is 14.7 Å². The maximum atomic E-state index is 12.2. The summed E-state index contributed by atoms with van der Waals surface area (Å²) in [4.78, 5) is 27.9. The lowest BCUT2D eigenvalue weighted by Crippen LogP contribution is -2.49. The molecule has 140 valence electrons. The topological polar surface area (TPSA) is 117 Å². The minimum Gasteiger partial charge on any atom is -0.499 e. The number of aliphatic hydroxyl groups excluding tert-OH is 1. The number of carboxylic acids is 1. The van der Waals surface area contributed by atoms with E-state index < -0.39 is 17.7 Å². The van der Waals surface area contributed by atoms with Crippen LogP contribution in [0.1, 0.15) is 32.1 Å². The maximum Gasteiger partial charge on any atom is 0.303 e. The van der Waals surface area contributed by atoms with Crippen LogP contribution in [0.3, 0.4) is 0 Å². The lowest BCUT2D eigenvalue weighted by molar-refractivity contribution is -0.137. The first-order valence-corrected chi connectivity index (χ1v) is 9.52. The first kappa shape index (κ1) is 20.2. The van der Waals surface area contributed by atoms with Crippen LogP contribution < -0.4 is 5.32 Å². The Morgan fingerprint density at radius 3 is 2.84 bits per heavy atom. The summed E-state index contributed by atoms with van der Waals surface area (Å²) in [6.07, 6.45) is 0.693.